The van der Waals surface area contributed by atoms with Crippen molar-refractivity contribution in [3.63, 3.8) is 0 Å². The van der Waals surface area contributed by atoms with Crippen molar-refractivity contribution in [1.82, 2.24) is 14.5 Å². The predicted octanol–water partition coefficient (Wildman–Crippen LogP) is 4.93. The molecule has 0 bridgehead atoms. The number of likely N-dealkylation sites (tertiary alicyclic amines) is 1. The van der Waals surface area contributed by atoms with E-state index in [2.05, 4.69) is 29.2 Å². The zero-order valence-corrected chi connectivity index (χ0v) is 21.8. The molecule has 9 nitrogen and oxygen atoms in total. The zero-order valence-electron chi connectivity index (χ0n) is 21.8. The van der Waals surface area contributed by atoms with Gasteiger partial charge >= 0.3 is 5.97 Å². The maximum Gasteiger partial charge on any atom is 0.338 e. The number of fused-ring (bicyclic) bond motifs is 1. The number of benzene rings is 3. The fraction of sp³-hybridized carbons (Fsp3) is 0.300. The summed E-state index contributed by atoms with van der Waals surface area (Å²) in [6.45, 7) is 4.23. The fourth-order valence-corrected chi connectivity index (χ4v) is 5.16. The second-order valence-electron chi connectivity index (χ2n) is 9.80. The van der Waals surface area contributed by atoms with Crippen molar-refractivity contribution in [3.05, 3.63) is 110 Å². The molecule has 4 aromatic rings. The van der Waals surface area contributed by atoms with E-state index in [9.17, 15) is 19.7 Å². The summed E-state index contributed by atoms with van der Waals surface area (Å²) < 4.78 is 6.57. The molecule has 0 aliphatic carbocycles. The molecular formula is C30H30N4O5. The Balaban J connectivity index is 1.45. The van der Waals surface area contributed by atoms with Crippen LogP contribution < -0.4 is 5.56 Å². The van der Waals surface area contributed by atoms with Gasteiger partial charge in [0.2, 0.25) is 0 Å². The Labute approximate surface area is 225 Å². The molecule has 5 rings (SSSR count). The number of rotatable bonds is 8. The topological polar surface area (TPSA) is 108 Å². The summed E-state index contributed by atoms with van der Waals surface area (Å²) in [5.74, 6) is 0.709. The minimum atomic E-state index is -0.523. The zero-order chi connectivity index (χ0) is 27.4. The third-order valence-corrected chi connectivity index (χ3v) is 7.21. The molecule has 0 amide bonds. The van der Waals surface area contributed by atoms with Crippen molar-refractivity contribution in [3.8, 4) is 5.69 Å². The van der Waals surface area contributed by atoms with Crippen LogP contribution in [0.1, 0.15) is 41.5 Å². The highest BCUT2D eigenvalue weighted by Crippen LogP contribution is 2.24. The van der Waals surface area contributed by atoms with Gasteiger partial charge in [0.25, 0.3) is 11.2 Å². The Morgan fingerprint density at radius 3 is 2.44 bits per heavy atom. The Bertz CT molecular complexity index is 1540. The molecule has 3 aromatic carbocycles. The quantitative estimate of drug-likeness (QED) is 0.182. The summed E-state index contributed by atoms with van der Waals surface area (Å²) in [6.07, 6.45) is 3.15. The number of nitro benzene ring substituents is 1. The third-order valence-electron chi connectivity index (χ3n) is 7.21. The number of piperidine rings is 1. The Morgan fingerprint density at radius 1 is 1.05 bits per heavy atom. The molecule has 1 aliphatic rings. The van der Waals surface area contributed by atoms with Crippen molar-refractivity contribution in [2.75, 3.05) is 19.7 Å². The van der Waals surface area contributed by atoms with E-state index in [0.29, 0.717) is 35.1 Å². The number of non-ortho nitro benzene ring substituents is 1. The smallest absolute Gasteiger partial charge is 0.338 e. The normalized spacial score (nSPS) is 14.4. The Morgan fingerprint density at radius 2 is 1.77 bits per heavy atom. The maximum atomic E-state index is 13.7. The Hall–Kier alpha value is -4.37. The number of hydrogen-bond acceptors (Lipinski definition) is 7. The van der Waals surface area contributed by atoms with Gasteiger partial charge in [0, 0.05) is 12.1 Å². The van der Waals surface area contributed by atoms with Crippen molar-refractivity contribution in [2.24, 2.45) is 5.92 Å². The minimum Gasteiger partial charge on any atom is -0.462 e. The summed E-state index contributed by atoms with van der Waals surface area (Å²) in [5, 5.41) is 11.5. The summed E-state index contributed by atoms with van der Waals surface area (Å²) in [6, 6.07) is 21.2. The molecule has 200 valence electrons. The van der Waals surface area contributed by atoms with E-state index in [1.54, 1.807) is 31.2 Å². The lowest BCUT2D eigenvalue weighted by Crippen LogP contribution is -2.36. The van der Waals surface area contributed by atoms with Gasteiger partial charge in [-0.2, -0.15) is 0 Å². The van der Waals surface area contributed by atoms with Gasteiger partial charge in [0.15, 0.2) is 0 Å². The van der Waals surface area contributed by atoms with Gasteiger partial charge in [0.05, 0.1) is 40.2 Å². The van der Waals surface area contributed by atoms with Crippen molar-refractivity contribution in [1.29, 1.82) is 0 Å². The molecule has 2 heterocycles. The highest BCUT2D eigenvalue weighted by Gasteiger charge is 2.23. The number of carbonyl (C=O) groups is 1. The number of ether oxygens (including phenoxy) is 1. The van der Waals surface area contributed by atoms with Crippen LogP contribution in [0.4, 0.5) is 5.69 Å². The highest BCUT2D eigenvalue weighted by molar-refractivity contribution is 5.89. The summed E-state index contributed by atoms with van der Waals surface area (Å²) in [7, 11) is 0. The van der Waals surface area contributed by atoms with Crippen LogP contribution >= 0.6 is 0 Å². The van der Waals surface area contributed by atoms with Crippen LogP contribution in [0.25, 0.3) is 16.6 Å². The van der Waals surface area contributed by atoms with Gasteiger partial charge in [-0.1, -0.05) is 30.3 Å². The number of nitro groups is 1. The van der Waals surface area contributed by atoms with Crippen LogP contribution in [0, 0.1) is 16.0 Å². The molecule has 0 spiro atoms. The lowest BCUT2D eigenvalue weighted by atomic mass is 9.90. The molecule has 1 aliphatic heterocycles. The molecule has 0 unspecified atom stereocenters. The van der Waals surface area contributed by atoms with Gasteiger partial charge in [0.1, 0.15) is 5.82 Å². The van der Waals surface area contributed by atoms with Crippen LogP contribution in [-0.2, 0) is 17.7 Å². The summed E-state index contributed by atoms with van der Waals surface area (Å²) >= 11 is 0. The number of nitrogens with zero attached hydrogens (tertiary/aromatic N) is 4. The molecule has 1 saturated heterocycles. The molecule has 0 N–H and O–H groups in total. The van der Waals surface area contributed by atoms with Gasteiger partial charge in [-0.15, -0.1) is 0 Å². The monoisotopic (exact) mass is 526 g/mol. The van der Waals surface area contributed by atoms with Gasteiger partial charge < -0.3 is 4.74 Å². The largest absolute Gasteiger partial charge is 0.462 e. The lowest BCUT2D eigenvalue weighted by Gasteiger charge is -2.32. The van der Waals surface area contributed by atoms with E-state index in [-0.39, 0.29) is 23.2 Å². The average Bonchev–Trinajstić information content (AvgIpc) is 2.95. The first-order valence-corrected chi connectivity index (χ1v) is 13.2. The maximum absolute atomic E-state index is 13.7. The van der Waals surface area contributed by atoms with Crippen molar-refractivity contribution >= 4 is 22.6 Å². The molecule has 9 heteroatoms. The van der Waals surface area contributed by atoms with E-state index in [4.69, 9.17) is 9.72 Å². The van der Waals surface area contributed by atoms with Gasteiger partial charge in [-0.05, 0) is 81.1 Å². The first kappa shape index (κ1) is 26.2. The molecule has 1 fully saturated rings. The van der Waals surface area contributed by atoms with Crippen molar-refractivity contribution < 1.29 is 14.5 Å². The van der Waals surface area contributed by atoms with E-state index in [0.717, 1.165) is 32.4 Å². The van der Waals surface area contributed by atoms with Crippen LogP contribution in [-0.4, -0.2) is 45.0 Å². The van der Waals surface area contributed by atoms with Crippen LogP contribution in [0.2, 0.25) is 0 Å². The van der Waals surface area contributed by atoms with E-state index >= 15 is 0 Å². The number of carbonyl (C=O) groups excluding carboxylic acids is 1. The van der Waals surface area contributed by atoms with E-state index in [1.807, 2.05) is 6.07 Å². The SMILES string of the molecule is CCOC(=O)c1ccc(-n2c(CN3CCC(Cc4ccccc4)CC3)nc3ccc([N+](=O)[O-])cc3c2=O)cc1. The third kappa shape index (κ3) is 5.88. The molecular weight excluding hydrogens is 496 g/mol. The summed E-state index contributed by atoms with van der Waals surface area (Å²) in [5.41, 5.74) is 2.11. The Kier molecular flexibility index (Phi) is 7.79. The predicted molar refractivity (Wildman–Crippen MR) is 148 cm³/mol. The second kappa shape index (κ2) is 11.6. The van der Waals surface area contributed by atoms with E-state index < -0.39 is 10.9 Å². The molecule has 0 saturated carbocycles. The first-order chi connectivity index (χ1) is 18.9. The minimum absolute atomic E-state index is 0.168. The molecule has 0 radical (unpaired) electrons. The van der Waals surface area contributed by atoms with Crippen LogP contribution in [0.15, 0.2) is 77.6 Å². The van der Waals surface area contributed by atoms with E-state index in [1.165, 1.54) is 28.3 Å². The van der Waals surface area contributed by atoms with Crippen molar-refractivity contribution in [2.45, 2.75) is 32.7 Å². The number of aromatic nitrogens is 2. The molecule has 1 aromatic heterocycles. The van der Waals surface area contributed by atoms with Gasteiger partial charge in [-0.25, -0.2) is 9.78 Å². The second-order valence-corrected chi connectivity index (χ2v) is 9.80. The molecule has 39 heavy (non-hydrogen) atoms. The summed E-state index contributed by atoms with van der Waals surface area (Å²) in [4.78, 5) is 43.8. The average molecular weight is 527 g/mol. The number of hydrogen-bond donors (Lipinski definition) is 0. The van der Waals surface area contributed by atoms with Crippen LogP contribution in [0.3, 0.4) is 0 Å². The number of esters is 1. The molecule has 0 atom stereocenters. The van der Waals surface area contributed by atoms with Gasteiger partial charge in [-0.3, -0.25) is 24.4 Å². The standard InChI is InChI=1S/C30H30N4O5/c1-2-39-30(36)23-8-10-24(11-9-23)33-28(31-27-13-12-25(34(37)38)19-26(27)29(33)35)20-32-16-14-22(15-17-32)18-21-6-4-3-5-7-21/h3-13,19,22H,2,14-18,20H2,1H3. The first-order valence-electron chi connectivity index (χ1n) is 13.2. The lowest BCUT2D eigenvalue weighted by molar-refractivity contribution is -0.384. The highest BCUT2D eigenvalue weighted by atomic mass is 16.6. The van der Waals surface area contributed by atoms with Crippen LogP contribution in [0.5, 0.6) is 0 Å². The fourth-order valence-electron chi connectivity index (χ4n) is 5.16.